The van der Waals surface area contributed by atoms with Crippen molar-refractivity contribution in [1.29, 1.82) is 0 Å². The van der Waals surface area contributed by atoms with E-state index in [4.69, 9.17) is 4.74 Å². The van der Waals surface area contributed by atoms with Gasteiger partial charge in [-0.2, -0.15) is 13.2 Å². The summed E-state index contributed by atoms with van der Waals surface area (Å²) < 4.78 is 42.3. The second-order valence-electron chi connectivity index (χ2n) is 6.16. The van der Waals surface area contributed by atoms with Gasteiger partial charge in [0.1, 0.15) is 0 Å². The molecule has 5 heteroatoms. The molecular formula is C16H30F3NO. The highest BCUT2D eigenvalue weighted by molar-refractivity contribution is 4.85. The van der Waals surface area contributed by atoms with E-state index in [-0.39, 0.29) is 19.1 Å². The predicted octanol–water partition coefficient (Wildman–Crippen LogP) is 4.68. The first-order valence-corrected chi connectivity index (χ1v) is 8.38. The number of nitrogens with one attached hydrogen (secondary N) is 1. The molecule has 1 rings (SSSR count). The van der Waals surface area contributed by atoms with Gasteiger partial charge in [0.15, 0.2) is 0 Å². The lowest BCUT2D eigenvalue weighted by Crippen LogP contribution is -2.46. The Labute approximate surface area is 126 Å². The number of hydrogen-bond acceptors (Lipinski definition) is 2. The molecule has 3 unspecified atom stereocenters. The fraction of sp³-hybridized carbons (Fsp3) is 1.00. The quantitative estimate of drug-likeness (QED) is 0.624. The molecule has 0 aromatic carbocycles. The summed E-state index contributed by atoms with van der Waals surface area (Å²) >= 11 is 0. The molecule has 0 spiro atoms. The molecule has 0 aliphatic heterocycles. The Morgan fingerprint density at radius 2 is 1.90 bits per heavy atom. The first-order valence-electron chi connectivity index (χ1n) is 8.38. The van der Waals surface area contributed by atoms with Crippen molar-refractivity contribution in [2.75, 3.05) is 13.2 Å². The summed E-state index contributed by atoms with van der Waals surface area (Å²) in [4.78, 5) is 0. The SMILES string of the molecule is CCCNC1CCC(CCC)CC1OCCCC(F)(F)F. The van der Waals surface area contributed by atoms with Crippen molar-refractivity contribution < 1.29 is 17.9 Å². The molecule has 0 amide bonds. The van der Waals surface area contributed by atoms with Crippen LogP contribution in [0.5, 0.6) is 0 Å². The summed E-state index contributed by atoms with van der Waals surface area (Å²) in [5, 5.41) is 3.49. The Balaban J connectivity index is 2.38. The molecule has 0 saturated heterocycles. The van der Waals surface area contributed by atoms with Crippen LogP contribution in [0.3, 0.4) is 0 Å². The summed E-state index contributed by atoms with van der Waals surface area (Å²) in [7, 11) is 0. The van der Waals surface area contributed by atoms with E-state index < -0.39 is 12.6 Å². The maximum absolute atomic E-state index is 12.2. The van der Waals surface area contributed by atoms with Gasteiger partial charge in [-0.15, -0.1) is 0 Å². The first kappa shape index (κ1) is 18.8. The van der Waals surface area contributed by atoms with E-state index in [1.807, 2.05) is 0 Å². The Hall–Kier alpha value is -0.290. The van der Waals surface area contributed by atoms with E-state index in [1.54, 1.807) is 0 Å². The van der Waals surface area contributed by atoms with Crippen LogP contribution in [0.15, 0.2) is 0 Å². The minimum absolute atomic E-state index is 0.0684. The second-order valence-corrected chi connectivity index (χ2v) is 6.16. The third kappa shape index (κ3) is 8.05. The Kier molecular flexibility index (Phi) is 8.64. The van der Waals surface area contributed by atoms with Gasteiger partial charge in [0.05, 0.1) is 6.10 Å². The molecule has 0 bridgehead atoms. The summed E-state index contributed by atoms with van der Waals surface area (Å²) in [6, 6.07) is 0.309. The highest BCUT2D eigenvalue weighted by Gasteiger charge is 2.31. The van der Waals surface area contributed by atoms with Crippen LogP contribution in [0.25, 0.3) is 0 Å². The smallest absolute Gasteiger partial charge is 0.377 e. The average Bonchev–Trinajstić information content (AvgIpc) is 2.42. The van der Waals surface area contributed by atoms with Crippen LogP contribution in [0.1, 0.15) is 65.2 Å². The normalized spacial score (nSPS) is 27.0. The molecule has 1 N–H and O–H groups in total. The van der Waals surface area contributed by atoms with Gasteiger partial charge in [0.25, 0.3) is 0 Å². The van der Waals surface area contributed by atoms with Gasteiger partial charge in [-0.25, -0.2) is 0 Å². The van der Waals surface area contributed by atoms with Crippen LogP contribution in [0, 0.1) is 5.92 Å². The first-order chi connectivity index (χ1) is 9.96. The van der Waals surface area contributed by atoms with Gasteiger partial charge in [-0.05, 0) is 44.6 Å². The topological polar surface area (TPSA) is 21.3 Å². The molecule has 126 valence electrons. The van der Waals surface area contributed by atoms with E-state index in [1.165, 1.54) is 19.3 Å². The molecule has 1 aliphatic carbocycles. The summed E-state index contributed by atoms with van der Waals surface area (Å²) in [6.45, 7) is 5.47. The second kappa shape index (κ2) is 9.67. The van der Waals surface area contributed by atoms with Gasteiger partial charge in [0, 0.05) is 19.1 Å². The third-order valence-electron chi connectivity index (χ3n) is 4.19. The highest BCUT2D eigenvalue weighted by Crippen LogP contribution is 2.30. The molecule has 3 atom stereocenters. The molecule has 1 saturated carbocycles. The largest absolute Gasteiger partial charge is 0.389 e. The van der Waals surface area contributed by atoms with Crippen molar-refractivity contribution in [3.8, 4) is 0 Å². The number of halogens is 3. The molecule has 1 aliphatic rings. The lowest BCUT2D eigenvalue weighted by atomic mass is 9.81. The summed E-state index contributed by atoms with van der Waals surface area (Å²) in [6.07, 6.45) is 2.03. The minimum atomic E-state index is -4.07. The van der Waals surface area contributed by atoms with Crippen LogP contribution in [0.2, 0.25) is 0 Å². The minimum Gasteiger partial charge on any atom is -0.377 e. The standard InChI is InChI=1S/C16H30F3NO/c1-3-6-13-7-8-14(20-10-4-2)15(12-13)21-11-5-9-16(17,18)19/h13-15,20H,3-12H2,1-2H3. The van der Waals surface area contributed by atoms with Crippen LogP contribution in [-0.2, 0) is 4.74 Å². The molecule has 0 radical (unpaired) electrons. The Bertz CT molecular complexity index is 271. The van der Waals surface area contributed by atoms with E-state index in [9.17, 15) is 13.2 Å². The van der Waals surface area contributed by atoms with E-state index in [0.29, 0.717) is 12.0 Å². The number of ether oxygens (including phenoxy) is 1. The summed E-state index contributed by atoms with van der Waals surface area (Å²) in [5.74, 6) is 0.669. The molecule has 0 aromatic rings. The van der Waals surface area contributed by atoms with E-state index >= 15 is 0 Å². The number of alkyl halides is 3. The van der Waals surface area contributed by atoms with E-state index in [2.05, 4.69) is 19.2 Å². The fourth-order valence-corrected chi connectivity index (χ4v) is 3.14. The Morgan fingerprint density at radius 3 is 2.52 bits per heavy atom. The Morgan fingerprint density at radius 1 is 1.14 bits per heavy atom. The molecular weight excluding hydrogens is 279 g/mol. The van der Waals surface area contributed by atoms with Crippen molar-refractivity contribution in [2.24, 2.45) is 5.92 Å². The molecule has 1 fully saturated rings. The highest BCUT2D eigenvalue weighted by atomic mass is 19.4. The lowest BCUT2D eigenvalue weighted by Gasteiger charge is -2.36. The predicted molar refractivity (Wildman–Crippen MR) is 79.4 cm³/mol. The molecule has 21 heavy (non-hydrogen) atoms. The van der Waals surface area contributed by atoms with Crippen LogP contribution >= 0.6 is 0 Å². The van der Waals surface area contributed by atoms with Gasteiger partial charge >= 0.3 is 6.18 Å². The van der Waals surface area contributed by atoms with Gasteiger partial charge in [-0.3, -0.25) is 0 Å². The van der Waals surface area contributed by atoms with Crippen LogP contribution in [0.4, 0.5) is 13.2 Å². The lowest BCUT2D eigenvalue weighted by molar-refractivity contribution is -0.139. The zero-order chi connectivity index (χ0) is 15.7. The number of hydrogen-bond donors (Lipinski definition) is 1. The zero-order valence-corrected chi connectivity index (χ0v) is 13.3. The van der Waals surface area contributed by atoms with Crippen molar-refractivity contribution in [3.05, 3.63) is 0 Å². The van der Waals surface area contributed by atoms with Gasteiger partial charge in [0.2, 0.25) is 0 Å². The monoisotopic (exact) mass is 309 g/mol. The molecule has 0 heterocycles. The van der Waals surface area contributed by atoms with Crippen molar-refractivity contribution in [1.82, 2.24) is 5.32 Å². The van der Waals surface area contributed by atoms with Crippen molar-refractivity contribution in [2.45, 2.75) is 83.5 Å². The maximum Gasteiger partial charge on any atom is 0.389 e. The third-order valence-corrected chi connectivity index (χ3v) is 4.19. The van der Waals surface area contributed by atoms with E-state index in [0.717, 1.165) is 25.8 Å². The van der Waals surface area contributed by atoms with Crippen LogP contribution in [-0.4, -0.2) is 31.5 Å². The average molecular weight is 309 g/mol. The molecule has 0 aromatic heterocycles. The van der Waals surface area contributed by atoms with Gasteiger partial charge in [-0.1, -0.05) is 26.7 Å². The summed E-state index contributed by atoms with van der Waals surface area (Å²) in [5.41, 5.74) is 0. The van der Waals surface area contributed by atoms with Crippen molar-refractivity contribution in [3.63, 3.8) is 0 Å². The number of rotatable bonds is 9. The molecule has 2 nitrogen and oxygen atoms in total. The van der Waals surface area contributed by atoms with Crippen LogP contribution < -0.4 is 5.32 Å². The van der Waals surface area contributed by atoms with Gasteiger partial charge < -0.3 is 10.1 Å². The fourth-order valence-electron chi connectivity index (χ4n) is 3.14. The zero-order valence-electron chi connectivity index (χ0n) is 13.3. The van der Waals surface area contributed by atoms with Crippen molar-refractivity contribution >= 4 is 0 Å². The maximum atomic E-state index is 12.2.